The zero-order valence-corrected chi connectivity index (χ0v) is 14.3. The van der Waals surface area contributed by atoms with Crippen LogP contribution in [0.25, 0.3) is 0 Å². The fourth-order valence-corrected chi connectivity index (χ4v) is 3.15. The van der Waals surface area contributed by atoms with E-state index in [2.05, 4.69) is 35.8 Å². The molecule has 0 saturated heterocycles. The van der Waals surface area contributed by atoms with E-state index >= 15 is 0 Å². The van der Waals surface area contributed by atoms with Crippen molar-refractivity contribution in [3.05, 3.63) is 71.6 Å². The molecule has 0 spiro atoms. The van der Waals surface area contributed by atoms with Gasteiger partial charge in [-0.1, -0.05) is 24.3 Å². The number of fused-ring (bicyclic) bond motifs is 1. The average Bonchev–Trinajstić information content (AvgIpc) is 2.93. The molecule has 0 saturated carbocycles. The highest BCUT2D eigenvalue weighted by atomic mass is 16.4. The molecular weight excluding hydrogens is 316 g/mol. The van der Waals surface area contributed by atoms with Crippen molar-refractivity contribution in [2.45, 2.75) is 13.8 Å². The molecule has 1 aliphatic carbocycles. The van der Waals surface area contributed by atoms with E-state index in [-0.39, 0.29) is 5.57 Å². The number of nitrogens with zero attached hydrogens (tertiary/aromatic N) is 2. The first kappa shape index (κ1) is 16.8. The van der Waals surface area contributed by atoms with E-state index in [0.29, 0.717) is 5.57 Å². The summed E-state index contributed by atoms with van der Waals surface area (Å²) in [6.07, 6.45) is 8.17. The fourth-order valence-electron chi connectivity index (χ4n) is 3.15. The Labute approximate surface area is 146 Å². The molecule has 0 atom stereocenters. The summed E-state index contributed by atoms with van der Waals surface area (Å²) in [5, 5.41) is 9.10. The Kier molecular flexibility index (Phi) is 4.57. The molecule has 3 rings (SSSR count). The topological polar surface area (TPSA) is 60.9 Å². The van der Waals surface area contributed by atoms with Gasteiger partial charge in [0.05, 0.1) is 11.4 Å². The van der Waals surface area contributed by atoms with Crippen LogP contribution in [0.1, 0.15) is 13.8 Å². The van der Waals surface area contributed by atoms with Crippen molar-refractivity contribution < 1.29 is 14.7 Å². The maximum Gasteiger partial charge on any atom is 0.339 e. The van der Waals surface area contributed by atoms with Gasteiger partial charge in [-0.25, -0.2) is 4.79 Å². The predicted molar refractivity (Wildman–Crippen MR) is 98.5 cm³/mol. The number of benzene rings is 1. The molecular formula is C20H20N2O3. The molecule has 0 radical (unpaired) electrons. The summed E-state index contributed by atoms with van der Waals surface area (Å²) in [5.41, 5.74) is 2.80. The SMILES string of the molecule is CCN1C(=CC=C2C=CC(=O)C(C(=O)O)=C2)N(CC)c2ccccc21. The molecule has 0 aromatic heterocycles. The van der Waals surface area contributed by atoms with Gasteiger partial charge in [0.15, 0.2) is 5.78 Å². The van der Waals surface area contributed by atoms with Gasteiger partial charge in [0, 0.05) is 13.1 Å². The molecule has 25 heavy (non-hydrogen) atoms. The molecule has 1 aliphatic heterocycles. The number of allylic oxidation sites excluding steroid dienone is 6. The van der Waals surface area contributed by atoms with Crippen molar-refractivity contribution in [2.24, 2.45) is 0 Å². The number of aliphatic carboxylic acids is 1. The summed E-state index contributed by atoms with van der Waals surface area (Å²) in [5.74, 6) is -0.642. The Morgan fingerprint density at radius 3 is 2.16 bits per heavy atom. The minimum absolute atomic E-state index is 0.207. The molecule has 1 aromatic rings. The average molecular weight is 336 g/mol. The molecule has 0 fully saturated rings. The molecule has 0 unspecified atom stereocenters. The van der Waals surface area contributed by atoms with E-state index in [0.717, 1.165) is 30.3 Å². The lowest BCUT2D eigenvalue weighted by molar-refractivity contribution is -0.134. The summed E-state index contributed by atoms with van der Waals surface area (Å²) in [6, 6.07) is 8.23. The van der Waals surface area contributed by atoms with Gasteiger partial charge >= 0.3 is 5.97 Å². The van der Waals surface area contributed by atoms with Crippen LogP contribution in [0.4, 0.5) is 11.4 Å². The zero-order valence-electron chi connectivity index (χ0n) is 14.3. The number of para-hydroxylation sites is 2. The van der Waals surface area contributed by atoms with Gasteiger partial charge in [-0.15, -0.1) is 0 Å². The van der Waals surface area contributed by atoms with Crippen LogP contribution in [-0.2, 0) is 9.59 Å². The minimum atomic E-state index is -1.20. The number of carboxylic acids is 1. The molecule has 128 valence electrons. The number of carbonyl (C=O) groups is 2. The smallest absolute Gasteiger partial charge is 0.339 e. The highest BCUT2D eigenvalue weighted by Crippen LogP contribution is 2.41. The molecule has 0 bridgehead atoms. The van der Waals surface area contributed by atoms with E-state index in [1.54, 1.807) is 6.08 Å². The zero-order chi connectivity index (χ0) is 18.0. The highest BCUT2D eigenvalue weighted by molar-refractivity contribution is 6.22. The molecule has 0 amide bonds. The molecule has 1 N–H and O–H groups in total. The number of anilines is 2. The molecule has 5 nitrogen and oxygen atoms in total. The molecule has 1 heterocycles. The fraction of sp³-hybridized carbons (Fsp3) is 0.200. The summed E-state index contributed by atoms with van der Waals surface area (Å²) in [6.45, 7) is 5.84. The third-order valence-corrected chi connectivity index (χ3v) is 4.31. The Morgan fingerprint density at radius 2 is 1.64 bits per heavy atom. The van der Waals surface area contributed by atoms with Crippen LogP contribution in [0, 0.1) is 0 Å². The second kappa shape index (κ2) is 6.81. The Bertz CT molecular complexity index is 813. The minimum Gasteiger partial charge on any atom is -0.478 e. The first-order valence-corrected chi connectivity index (χ1v) is 8.30. The van der Waals surface area contributed by atoms with Crippen LogP contribution in [0.2, 0.25) is 0 Å². The van der Waals surface area contributed by atoms with Crippen LogP contribution in [0.15, 0.2) is 71.6 Å². The Morgan fingerprint density at radius 1 is 1.04 bits per heavy atom. The standard InChI is InChI=1S/C20H20N2O3/c1-3-21-16-7-5-6-8-17(16)22(4-2)19(21)12-10-14-9-11-18(23)15(13-14)20(24)25/h5-13H,3-4H2,1-2H3,(H,24,25). The van der Waals surface area contributed by atoms with E-state index < -0.39 is 11.8 Å². The lowest BCUT2D eigenvalue weighted by atomic mass is 10.0. The normalized spacial score (nSPS) is 17.8. The quantitative estimate of drug-likeness (QED) is 0.855. The highest BCUT2D eigenvalue weighted by Gasteiger charge is 2.28. The van der Waals surface area contributed by atoms with Gasteiger partial charge in [0.25, 0.3) is 0 Å². The second-order valence-corrected chi connectivity index (χ2v) is 5.73. The number of carbonyl (C=O) groups excluding carboxylic acids is 1. The number of carboxylic acid groups (broad SMARTS) is 1. The van der Waals surface area contributed by atoms with Crippen LogP contribution in [0.3, 0.4) is 0 Å². The van der Waals surface area contributed by atoms with Gasteiger partial charge < -0.3 is 14.9 Å². The van der Waals surface area contributed by atoms with E-state index in [4.69, 9.17) is 5.11 Å². The number of rotatable bonds is 4. The van der Waals surface area contributed by atoms with Crippen LogP contribution >= 0.6 is 0 Å². The molecule has 5 heteroatoms. The number of hydrogen-bond donors (Lipinski definition) is 1. The van der Waals surface area contributed by atoms with E-state index in [1.165, 1.54) is 12.2 Å². The number of ketones is 1. The van der Waals surface area contributed by atoms with Crippen LogP contribution < -0.4 is 9.80 Å². The van der Waals surface area contributed by atoms with Crippen LogP contribution in [-0.4, -0.2) is 29.9 Å². The van der Waals surface area contributed by atoms with Crippen molar-refractivity contribution >= 4 is 23.1 Å². The van der Waals surface area contributed by atoms with Gasteiger partial charge in [0.2, 0.25) is 0 Å². The van der Waals surface area contributed by atoms with Crippen molar-refractivity contribution in [1.82, 2.24) is 0 Å². The van der Waals surface area contributed by atoms with Crippen molar-refractivity contribution in [2.75, 3.05) is 22.9 Å². The maximum atomic E-state index is 11.6. The molecule has 2 aliphatic rings. The van der Waals surface area contributed by atoms with Crippen molar-refractivity contribution in [3.63, 3.8) is 0 Å². The first-order chi connectivity index (χ1) is 12.1. The van der Waals surface area contributed by atoms with Gasteiger partial charge in [-0.05, 0) is 49.8 Å². The summed E-state index contributed by atoms with van der Waals surface area (Å²) >= 11 is 0. The van der Waals surface area contributed by atoms with Gasteiger partial charge in [0.1, 0.15) is 11.4 Å². The van der Waals surface area contributed by atoms with Crippen LogP contribution in [0.5, 0.6) is 0 Å². The maximum absolute atomic E-state index is 11.6. The van der Waals surface area contributed by atoms with Crippen molar-refractivity contribution in [3.8, 4) is 0 Å². The van der Waals surface area contributed by atoms with Crippen molar-refractivity contribution in [1.29, 1.82) is 0 Å². The number of hydrogen-bond acceptors (Lipinski definition) is 4. The largest absolute Gasteiger partial charge is 0.478 e. The van der Waals surface area contributed by atoms with E-state index in [9.17, 15) is 9.59 Å². The third-order valence-electron chi connectivity index (χ3n) is 4.31. The third kappa shape index (κ3) is 3.01. The van der Waals surface area contributed by atoms with E-state index in [1.807, 2.05) is 24.3 Å². The Hall–Kier alpha value is -3.08. The Balaban J connectivity index is 1.99. The first-order valence-electron chi connectivity index (χ1n) is 8.30. The second-order valence-electron chi connectivity index (χ2n) is 5.73. The van der Waals surface area contributed by atoms with Gasteiger partial charge in [-0.3, -0.25) is 4.79 Å². The molecule has 1 aromatic carbocycles. The van der Waals surface area contributed by atoms with Gasteiger partial charge in [-0.2, -0.15) is 0 Å². The summed E-state index contributed by atoms with van der Waals surface area (Å²) in [4.78, 5) is 27.2. The monoisotopic (exact) mass is 336 g/mol. The summed E-state index contributed by atoms with van der Waals surface area (Å²) in [7, 11) is 0. The summed E-state index contributed by atoms with van der Waals surface area (Å²) < 4.78 is 0. The predicted octanol–water partition coefficient (Wildman–Crippen LogP) is 3.27. The lowest BCUT2D eigenvalue weighted by Crippen LogP contribution is -2.27. The lowest BCUT2D eigenvalue weighted by Gasteiger charge is -2.23.